The van der Waals surface area contributed by atoms with Crippen LogP contribution in [0.5, 0.6) is 0 Å². The third-order valence-electron chi connectivity index (χ3n) is 5.13. The molecule has 1 heterocycles. The highest BCUT2D eigenvalue weighted by atomic mass is 16.5. The third-order valence-corrected chi connectivity index (χ3v) is 5.13. The predicted octanol–water partition coefficient (Wildman–Crippen LogP) is 2.95. The number of rotatable bonds is 5. The molecule has 1 N–H and O–H groups in total. The van der Waals surface area contributed by atoms with Gasteiger partial charge in [0.15, 0.2) is 0 Å². The molecule has 0 saturated carbocycles. The number of carbonyl (C=O) groups excluding carboxylic acids is 3. The molecule has 0 aliphatic carbocycles. The van der Waals surface area contributed by atoms with Crippen LogP contribution in [0.1, 0.15) is 21.5 Å². The molecule has 31 heavy (non-hydrogen) atoms. The minimum atomic E-state index is -0.728. The van der Waals surface area contributed by atoms with Gasteiger partial charge in [-0.25, -0.2) is 9.59 Å². The van der Waals surface area contributed by atoms with Crippen molar-refractivity contribution < 1.29 is 28.6 Å². The number of nitrogens with one attached hydrogen (secondary N) is 1. The largest absolute Gasteiger partial charge is 0.466 e. The van der Waals surface area contributed by atoms with E-state index in [4.69, 9.17) is 14.2 Å². The van der Waals surface area contributed by atoms with E-state index in [9.17, 15) is 14.4 Å². The Morgan fingerprint density at radius 1 is 0.968 bits per heavy atom. The molecular weight excluding hydrogens is 400 g/mol. The Balaban J connectivity index is 2.05. The minimum Gasteiger partial charge on any atom is -0.466 e. The summed E-state index contributed by atoms with van der Waals surface area (Å²) in [7, 11) is 2.44. The van der Waals surface area contributed by atoms with Gasteiger partial charge < -0.3 is 24.4 Å². The number of methoxy groups -OCH3 is 2. The first-order valence-electron chi connectivity index (χ1n) is 9.60. The van der Waals surface area contributed by atoms with Gasteiger partial charge in [0.2, 0.25) is 0 Å². The molecule has 0 radical (unpaired) electrons. The first-order valence-corrected chi connectivity index (χ1v) is 9.60. The summed E-state index contributed by atoms with van der Waals surface area (Å²) in [6.07, 6.45) is 0. The highest BCUT2D eigenvalue weighted by molar-refractivity contribution is 6.10. The van der Waals surface area contributed by atoms with Crippen LogP contribution in [0.3, 0.4) is 0 Å². The van der Waals surface area contributed by atoms with Gasteiger partial charge in [-0.05, 0) is 43.2 Å². The van der Waals surface area contributed by atoms with Gasteiger partial charge in [-0.2, -0.15) is 0 Å². The van der Waals surface area contributed by atoms with E-state index in [1.165, 1.54) is 19.1 Å². The van der Waals surface area contributed by atoms with Crippen molar-refractivity contribution in [3.05, 3.63) is 70.4 Å². The Morgan fingerprint density at radius 3 is 2.39 bits per heavy atom. The van der Waals surface area contributed by atoms with Gasteiger partial charge >= 0.3 is 11.9 Å². The molecule has 0 aromatic heterocycles. The second-order valence-electron chi connectivity index (χ2n) is 6.93. The lowest BCUT2D eigenvalue weighted by Crippen LogP contribution is -2.39. The first kappa shape index (κ1) is 22.0. The second-order valence-corrected chi connectivity index (χ2v) is 6.93. The van der Waals surface area contributed by atoms with E-state index in [0.717, 1.165) is 11.1 Å². The molecule has 2 aromatic carbocycles. The Kier molecular flexibility index (Phi) is 6.71. The fraction of sp³-hybridized carbons (Fsp3) is 0.261. The fourth-order valence-corrected chi connectivity index (χ4v) is 3.31. The Bertz CT molecular complexity index is 1060. The zero-order valence-corrected chi connectivity index (χ0v) is 17.9. The molecule has 0 bridgehead atoms. The number of anilines is 2. The van der Waals surface area contributed by atoms with E-state index < -0.39 is 11.9 Å². The first-order chi connectivity index (χ1) is 14.9. The van der Waals surface area contributed by atoms with Crippen LogP contribution in [0.2, 0.25) is 0 Å². The predicted molar refractivity (Wildman–Crippen MR) is 115 cm³/mol. The minimum absolute atomic E-state index is 0.0188. The molecular formula is C23H24N2O6. The van der Waals surface area contributed by atoms with Crippen LogP contribution in [0.25, 0.3) is 0 Å². The summed E-state index contributed by atoms with van der Waals surface area (Å²) in [6.45, 7) is 3.74. The molecule has 0 spiro atoms. The lowest BCUT2D eigenvalue weighted by atomic mass is 10.1. The van der Waals surface area contributed by atoms with Crippen LogP contribution in [-0.2, 0) is 23.8 Å². The van der Waals surface area contributed by atoms with Crippen LogP contribution < -0.4 is 10.2 Å². The molecule has 3 rings (SSSR count). The fourth-order valence-electron chi connectivity index (χ4n) is 3.31. The lowest BCUT2D eigenvalue weighted by molar-refractivity contribution is -0.140. The van der Waals surface area contributed by atoms with E-state index in [1.54, 1.807) is 24.3 Å². The molecule has 1 aliphatic rings. The Hall–Kier alpha value is -3.65. The number of hydrogen-bond donors (Lipinski definition) is 1. The van der Waals surface area contributed by atoms with Crippen LogP contribution >= 0.6 is 0 Å². The van der Waals surface area contributed by atoms with Gasteiger partial charge in [0, 0.05) is 5.69 Å². The molecule has 1 aliphatic heterocycles. The lowest BCUT2D eigenvalue weighted by Gasteiger charge is -2.32. The van der Waals surface area contributed by atoms with Crippen LogP contribution in [0, 0.1) is 13.8 Å². The van der Waals surface area contributed by atoms with Gasteiger partial charge in [-0.3, -0.25) is 4.79 Å². The third kappa shape index (κ3) is 4.44. The van der Waals surface area contributed by atoms with Crippen LogP contribution in [0.4, 0.5) is 11.4 Å². The van der Waals surface area contributed by atoms with Crippen molar-refractivity contribution in [2.75, 3.05) is 37.8 Å². The summed E-state index contributed by atoms with van der Waals surface area (Å²) < 4.78 is 15.2. The normalized spacial score (nSPS) is 13.6. The molecule has 2 aromatic rings. The second kappa shape index (κ2) is 9.44. The van der Waals surface area contributed by atoms with Crippen molar-refractivity contribution in [1.29, 1.82) is 0 Å². The summed E-state index contributed by atoms with van der Waals surface area (Å²) in [5.74, 6) is -1.80. The Labute approximate surface area is 180 Å². The monoisotopic (exact) mass is 424 g/mol. The zero-order chi connectivity index (χ0) is 22.5. The molecule has 162 valence electrons. The molecule has 0 atom stereocenters. The summed E-state index contributed by atoms with van der Waals surface area (Å²) in [6, 6.07) is 12.4. The van der Waals surface area contributed by atoms with Crippen molar-refractivity contribution in [3.8, 4) is 0 Å². The summed E-state index contributed by atoms with van der Waals surface area (Å²) in [4.78, 5) is 39.4. The quantitative estimate of drug-likeness (QED) is 0.738. The number of benzene rings is 2. The number of aryl methyl sites for hydroxylation is 1. The number of nitrogens with zero attached hydrogens (tertiary/aromatic N) is 1. The molecule has 8 nitrogen and oxygen atoms in total. The van der Waals surface area contributed by atoms with Gasteiger partial charge in [0.05, 0.1) is 37.7 Å². The number of ether oxygens (including phenoxy) is 3. The highest BCUT2D eigenvalue weighted by Gasteiger charge is 2.34. The zero-order valence-electron chi connectivity index (χ0n) is 17.9. The van der Waals surface area contributed by atoms with E-state index in [0.29, 0.717) is 16.9 Å². The van der Waals surface area contributed by atoms with Crippen molar-refractivity contribution in [2.24, 2.45) is 0 Å². The van der Waals surface area contributed by atoms with E-state index in [1.807, 2.05) is 32.0 Å². The molecule has 0 fully saturated rings. The van der Waals surface area contributed by atoms with Gasteiger partial charge in [0.1, 0.15) is 12.4 Å². The average molecular weight is 424 g/mol. The smallest absolute Gasteiger partial charge is 0.355 e. The summed E-state index contributed by atoms with van der Waals surface area (Å²) in [5.41, 5.74) is 3.39. The van der Waals surface area contributed by atoms with E-state index in [2.05, 4.69) is 5.32 Å². The Morgan fingerprint density at radius 2 is 1.68 bits per heavy atom. The molecule has 8 heteroatoms. The summed E-state index contributed by atoms with van der Waals surface area (Å²) in [5, 5.41) is 2.92. The number of para-hydroxylation sites is 1. The van der Waals surface area contributed by atoms with Gasteiger partial charge in [-0.15, -0.1) is 0 Å². The average Bonchev–Trinajstić information content (AvgIpc) is 2.80. The maximum absolute atomic E-state index is 13.2. The molecule has 0 unspecified atom stereocenters. The van der Waals surface area contributed by atoms with Crippen molar-refractivity contribution in [1.82, 2.24) is 0 Å². The topological polar surface area (TPSA) is 94.2 Å². The number of esters is 2. The van der Waals surface area contributed by atoms with Crippen molar-refractivity contribution in [3.63, 3.8) is 0 Å². The van der Waals surface area contributed by atoms with Crippen molar-refractivity contribution in [2.45, 2.75) is 13.8 Å². The number of amides is 1. The SMILES string of the molecule is COC(=O)C1=C(C(=O)OC)N(c2ccccc2C(=O)Nc2cccc(C)c2C)COC1. The van der Waals surface area contributed by atoms with Crippen molar-refractivity contribution >= 4 is 29.2 Å². The maximum atomic E-state index is 13.2. The van der Waals surface area contributed by atoms with Gasteiger partial charge in [0.25, 0.3) is 5.91 Å². The number of hydrogen-bond acceptors (Lipinski definition) is 7. The number of carbonyl (C=O) groups is 3. The molecule has 1 amide bonds. The highest BCUT2D eigenvalue weighted by Crippen LogP contribution is 2.30. The maximum Gasteiger partial charge on any atom is 0.355 e. The summed E-state index contributed by atoms with van der Waals surface area (Å²) >= 11 is 0. The standard InChI is InChI=1S/C23H24N2O6/c1-14-8-7-10-18(15(14)2)24-21(26)16-9-5-6-11-19(16)25-13-31-12-17(22(27)29-3)20(25)23(28)30-4/h5-11H,12-13H2,1-4H3,(H,24,26). The van der Waals surface area contributed by atoms with Crippen LogP contribution in [-0.4, -0.2) is 45.4 Å². The van der Waals surface area contributed by atoms with E-state index in [-0.39, 0.29) is 30.5 Å². The van der Waals surface area contributed by atoms with E-state index >= 15 is 0 Å². The van der Waals surface area contributed by atoms with Gasteiger partial charge in [-0.1, -0.05) is 24.3 Å². The van der Waals surface area contributed by atoms with Crippen LogP contribution in [0.15, 0.2) is 53.7 Å². The molecule has 0 saturated heterocycles.